The van der Waals surface area contributed by atoms with E-state index in [2.05, 4.69) is 15.5 Å². The SMILES string of the molecule is CC[C@@H](C)[C@H](NC(=O)CN1CCN(CC(=O)Nc2c(C)cccc2C)CC1)C(=O)OC. The van der Waals surface area contributed by atoms with Crippen LogP contribution in [0.15, 0.2) is 18.2 Å². The minimum atomic E-state index is -0.627. The molecule has 172 valence electrons. The number of piperazine rings is 1. The maximum atomic E-state index is 12.5. The number of rotatable bonds is 9. The molecule has 1 saturated heterocycles. The van der Waals surface area contributed by atoms with Crippen LogP contribution in [0.5, 0.6) is 0 Å². The van der Waals surface area contributed by atoms with Gasteiger partial charge in [-0.05, 0) is 30.9 Å². The molecule has 8 nitrogen and oxygen atoms in total. The molecule has 1 aliphatic rings. The first-order chi connectivity index (χ1) is 14.7. The van der Waals surface area contributed by atoms with Crippen molar-refractivity contribution in [3.63, 3.8) is 0 Å². The molecule has 0 spiro atoms. The topological polar surface area (TPSA) is 91.0 Å². The Morgan fingerprint density at radius 2 is 1.52 bits per heavy atom. The number of amides is 2. The normalized spacial score (nSPS) is 16.9. The van der Waals surface area contributed by atoms with E-state index < -0.39 is 12.0 Å². The second kappa shape index (κ2) is 11.8. The van der Waals surface area contributed by atoms with Gasteiger partial charge in [-0.3, -0.25) is 19.4 Å². The molecule has 2 rings (SSSR count). The highest BCUT2D eigenvalue weighted by atomic mass is 16.5. The van der Waals surface area contributed by atoms with Crippen molar-refractivity contribution in [3.8, 4) is 0 Å². The Morgan fingerprint density at radius 1 is 1.00 bits per heavy atom. The number of benzene rings is 1. The summed E-state index contributed by atoms with van der Waals surface area (Å²) in [6, 6.07) is 5.32. The number of nitrogens with one attached hydrogen (secondary N) is 2. The van der Waals surface area contributed by atoms with Gasteiger partial charge in [0.25, 0.3) is 0 Å². The molecule has 31 heavy (non-hydrogen) atoms. The molecule has 0 aromatic heterocycles. The number of methoxy groups -OCH3 is 1. The molecule has 8 heteroatoms. The molecule has 1 heterocycles. The molecule has 2 atom stereocenters. The second-order valence-corrected chi connectivity index (χ2v) is 8.32. The number of hydrogen-bond donors (Lipinski definition) is 2. The fraction of sp³-hybridized carbons (Fsp3) is 0.609. The lowest BCUT2D eigenvalue weighted by Gasteiger charge is -2.34. The zero-order chi connectivity index (χ0) is 23.0. The van der Waals surface area contributed by atoms with Gasteiger partial charge in [-0.25, -0.2) is 4.79 Å². The Kier molecular flexibility index (Phi) is 9.45. The summed E-state index contributed by atoms with van der Waals surface area (Å²) >= 11 is 0. The summed E-state index contributed by atoms with van der Waals surface area (Å²) in [5.74, 6) is -0.624. The van der Waals surface area contributed by atoms with Crippen LogP contribution in [-0.2, 0) is 19.1 Å². The largest absolute Gasteiger partial charge is 0.467 e. The van der Waals surface area contributed by atoms with Crippen LogP contribution in [0.1, 0.15) is 31.4 Å². The predicted octanol–water partition coefficient (Wildman–Crippen LogP) is 1.56. The van der Waals surface area contributed by atoms with Crippen molar-refractivity contribution < 1.29 is 19.1 Å². The zero-order valence-corrected chi connectivity index (χ0v) is 19.4. The summed E-state index contributed by atoms with van der Waals surface area (Å²) in [4.78, 5) is 41.0. The molecule has 0 aliphatic carbocycles. The van der Waals surface area contributed by atoms with Crippen molar-refractivity contribution >= 4 is 23.5 Å². The first-order valence-corrected chi connectivity index (χ1v) is 10.9. The monoisotopic (exact) mass is 432 g/mol. The van der Waals surface area contributed by atoms with E-state index in [1.165, 1.54) is 7.11 Å². The number of carbonyl (C=O) groups excluding carboxylic acids is 3. The van der Waals surface area contributed by atoms with E-state index in [-0.39, 0.29) is 24.3 Å². The van der Waals surface area contributed by atoms with Crippen molar-refractivity contribution in [2.45, 2.75) is 40.2 Å². The van der Waals surface area contributed by atoms with Crippen molar-refractivity contribution in [1.29, 1.82) is 0 Å². The summed E-state index contributed by atoms with van der Waals surface area (Å²) in [5, 5.41) is 5.83. The fourth-order valence-electron chi connectivity index (χ4n) is 3.72. The van der Waals surface area contributed by atoms with Gasteiger partial charge in [-0.15, -0.1) is 0 Å². The van der Waals surface area contributed by atoms with E-state index in [1.54, 1.807) is 0 Å². The van der Waals surface area contributed by atoms with Crippen molar-refractivity contribution in [2.24, 2.45) is 5.92 Å². The third-order valence-electron chi connectivity index (χ3n) is 5.93. The lowest BCUT2D eigenvalue weighted by atomic mass is 9.99. The van der Waals surface area contributed by atoms with Gasteiger partial charge in [0.05, 0.1) is 20.2 Å². The Hall–Kier alpha value is -2.45. The fourth-order valence-corrected chi connectivity index (χ4v) is 3.72. The van der Waals surface area contributed by atoms with Crippen molar-refractivity contribution in [3.05, 3.63) is 29.3 Å². The van der Waals surface area contributed by atoms with Gasteiger partial charge in [0.15, 0.2) is 0 Å². The van der Waals surface area contributed by atoms with Crippen LogP contribution in [0.4, 0.5) is 5.69 Å². The molecule has 1 aromatic rings. The van der Waals surface area contributed by atoms with Gasteiger partial charge >= 0.3 is 5.97 Å². The molecular formula is C23H36N4O4. The Balaban J connectivity index is 1.78. The highest BCUT2D eigenvalue weighted by molar-refractivity contribution is 5.93. The van der Waals surface area contributed by atoms with Crippen LogP contribution in [0.3, 0.4) is 0 Å². The van der Waals surface area contributed by atoms with Gasteiger partial charge in [-0.1, -0.05) is 38.5 Å². The predicted molar refractivity (Wildman–Crippen MR) is 121 cm³/mol. The highest BCUT2D eigenvalue weighted by Gasteiger charge is 2.28. The number of esters is 1. The molecule has 0 unspecified atom stereocenters. The third-order valence-corrected chi connectivity index (χ3v) is 5.93. The van der Waals surface area contributed by atoms with E-state index in [1.807, 2.05) is 50.8 Å². The van der Waals surface area contributed by atoms with Crippen LogP contribution >= 0.6 is 0 Å². The second-order valence-electron chi connectivity index (χ2n) is 8.32. The average Bonchev–Trinajstić information content (AvgIpc) is 2.75. The zero-order valence-electron chi connectivity index (χ0n) is 19.4. The number of anilines is 1. The van der Waals surface area contributed by atoms with E-state index >= 15 is 0 Å². The first kappa shape index (κ1) is 24.8. The standard InChI is InChI=1S/C23H36N4O4/c1-6-16(2)22(23(30)31-5)25-20(29)15-27-12-10-26(11-13-27)14-19(28)24-21-17(3)8-7-9-18(21)4/h7-9,16,22H,6,10-15H2,1-5H3,(H,24,28)(H,25,29)/t16-,22+/m1/s1. The van der Waals surface area contributed by atoms with Crippen LogP contribution in [0.2, 0.25) is 0 Å². The molecule has 0 saturated carbocycles. The molecule has 1 aliphatic heterocycles. The summed E-state index contributed by atoms with van der Waals surface area (Å²) < 4.78 is 4.82. The first-order valence-electron chi connectivity index (χ1n) is 10.9. The molecule has 1 fully saturated rings. The Bertz CT molecular complexity index is 755. The molecule has 1 aromatic carbocycles. The lowest BCUT2D eigenvalue weighted by Crippen LogP contribution is -2.53. The molecule has 0 radical (unpaired) electrons. The van der Waals surface area contributed by atoms with Crippen molar-refractivity contribution in [2.75, 3.05) is 51.7 Å². The van der Waals surface area contributed by atoms with Gasteiger partial charge in [0.2, 0.25) is 11.8 Å². The molecular weight excluding hydrogens is 396 g/mol. The van der Waals surface area contributed by atoms with Crippen LogP contribution in [0.25, 0.3) is 0 Å². The number of ether oxygens (including phenoxy) is 1. The van der Waals surface area contributed by atoms with Gasteiger partial charge < -0.3 is 15.4 Å². The smallest absolute Gasteiger partial charge is 0.328 e. The number of aryl methyl sites for hydroxylation is 2. The quantitative estimate of drug-likeness (QED) is 0.576. The van der Waals surface area contributed by atoms with Crippen molar-refractivity contribution in [1.82, 2.24) is 15.1 Å². The maximum absolute atomic E-state index is 12.5. The van der Waals surface area contributed by atoms with E-state index in [9.17, 15) is 14.4 Å². The molecule has 0 bridgehead atoms. The average molecular weight is 433 g/mol. The van der Waals surface area contributed by atoms with E-state index in [0.29, 0.717) is 32.7 Å². The highest BCUT2D eigenvalue weighted by Crippen LogP contribution is 2.19. The molecule has 2 amide bonds. The third kappa shape index (κ3) is 7.33. The van der Waals surface area contributed by atoms with E-state index in [4.69, 9.17) is 4.74 Å². The summed E-state index contributed by atoms with van der Waals surface area (Å²) in [7, 11) is 1.33. The maximum Gasteiger partial charge on any atom is 0.328 e. The number of nitrogens with zero attached hydrogens (tertiary/aromatic N) is 2. The van der Waals surface area contributed by atoms with Gasteiger partial charge in [0, 0.05) is 31.9 Å². The summed E-state index contributed by atoms with van der Waals surface area (Å²) in [5.41, 5.74) is 2.97. The molecule has 2 N–H and O–H groups in total. The minimum Gasteiger partial charge on any atom is -0.467 e. The summed E-state index contributed by atoms with van der Waals surface area (Å²) in [6.45, 7) is 11.2. The van der Waals surface area contributed by atoms with Crippen LogP contribution < -0.4 is 10.6 Å². The number of carbonyl (C=O) groups is 3. The van der Waals surface area contributed by atoms with E-state index in [0.717, 1.165) is 23.2 Å². The van der Waals surface area contributed by atoms with Crippen LogP contribution in [-0.4, -0.2) is 80.0 Å². The Labute approximate surface area is 185 Å². The van der Waals surface area contributed by atoms with Gasteiger partial charge in [0.1, 0.15) is 6.04 Å². The van der Waals surface area contributed by atoms with Gasteiger partial charge in [-0.2, -0.15) is 0 Å². The summed E-state index contributed by atoms with van der Waals surface area (Å²) in [6.07, 6.45) is 0.767. The number of para-hydroxylation sites is 1. The van der Waals surface area contributed by atoms with Crippen LogP contribution in [0, 0.1) is 19.8 Å². The lowest BCUT2D eigenvalue weighted by molar-refractivity contribution is -0.146. The minimum absolute atomic E-state index is 0.00338. The Morgan fingerprint density at radius 3 is 2.00 bits per heavy atom. The number of hydrogen-bond acceptors (Lipinski definition) is 6.